The number of amides is 2. The predicted molar refractivity (Wildman–Crippen MR) is 226 cm³/mol. The van der Waals surface area contributed by atoms with Crippen LogP contribution in [0.1, 0.15) is 80.2 Å². The molecule has 4 saturated heterocycles. The Hall–Kier alpha value is -4.06. The number of aromatic amines is 1. The van der Waals surface area contributed by atoms with E-state index in [0.29, 0.717) is 24.8 Å². The summed E-state index contributed by atoms with van der Waals surface area (Å²) in [5.74, 6) is -2.53. The number of hydrogen-bond acceptors (Lipinski definition) is 13. The van der Waals surface area contributed by atoms with E-state index in [1.807, 2.05) is 77.9 Å². The molecule has 4 aliphatic rings. The molecule has 6 rings (SSSR count). The molecule has 2 bridgehead atoms. The first-order valence-electron chi connectivity index (χ1n) is 21.6. The Morgan fingerprint density at radius 2 is 1.89 bits per heavy atom. The van der Waals surface area contributed by atoms with Gasteiger partial charge in [-0.2, -0.15) is 5.10 Å². The molecule has 61 heavy (non-hydrogen) atoms. The van der Waals surface area contributed by atoms with E-state index in [-0.39, 0.29) is 44.4 Å². The van der Waals surface area contributed by atoms with E-state index in [1.165, 1.54) is 0 Å². The number of hydrogen-bond donors (Lipinski definition) is 4. The molecule has 4 fully saturated rings. The van der Waals surface area contributed by atoms with Gasteiger partial charge in [0.1, 0.15) is 18.8 Å². The van der Waals surface area contributed by atoms with Gasteiger partial charge in [-0.25, -0.2) is 9.59 Å². The summed E-state index contributed by atoms with van der Waals surface area (Å²) >= 11 is 0. The van der Waals surface area contributed by atoms with Crippen molar-refractivity contribution >= 4 is 29.1 Å². The third-order valence-corrected chi connectivity index (χ3v) is 13.4. The Kier molecular flexibility index (Phi) is 14.6. The highest BCUT2D eigenvalue weighted by Gasteiger charge is 2.57. The quantitative estimate of drug-likeness (QED) is 0.150. The second-order valence-electron chi connectivity index (χ2n) is 18.3. The Balaban J connectivity index is 1.38. The van der Waals surface area contributed by atoms with Crippen LogP contribution >= 0.6 is 0 Å². The molecule has 0 saturated carbocycles. The summed E-state index contributed by atoms with van der Waals surface area (Å²) in [6.45, 7) is 20.1. The summed E-state index contributed by atoms with van der Waals surface area (Å²) in [5, 5.41) is 25.5. The number of carbonyl (C=O) groups is 3. The number of nitrogens with zero attached hydrogens (tertiary/aromatic N) is 2. The van der Waals surface area contributed by atoms with Crippen molar-refractivity contribution in [2.24, 2.45) is 23.7 Å². The van der Waals surface area contributed by atoms with Crippen LogP contribution in [0.15, 0.2) is 48.2 Å². The highest BCUT2D eigenvalue weighted by molar-refractivity contribution is 5.78. The lowest BCUT2D eigenvalue weighted by Gasteiger charge is -2.49. The number of aliphatic hydroxyl groups excluding tert-OH is 1. The van der Waals surface area contributed by atoms with Crippen molar-refractivity contribution in [3.8, 4) is 0 Å². The van der Waals surface area contributed by atoms with Crippen LogP contribution in [0.3, 0.4) is 0 Å². The summed E-state index contributed by atoms with van der Waals surface area (Å²) in [6, 6.07) is 4.88. The van der Waals surface area contributed by atoms with Crippen molar-refractivity contribution in [2.75, 3.05) is 33.9 Å². The second-order valence-corrected chi connectivity index (χ2v) is 18.3. The first-order chi connectivity index (χ1) is 28.8. The summed E-state index contributed by atoms with van der Waals surface area (Å²) < 4.78 is 44.9. The molecular formula is C45H67N5O11. The minimum absolute atomic E-state index is 0.0794. The van der Waals surface area contributed by atoms with E-state index in [0.717, 1.165) is 22.0 Å². The number of carbonyl (C=O) groups excluding carboxylic acids is 3. The molecule has 4 N–H and O–H groups in total. The number of aliphatic hydroxyl groups is 1. The average Bonchev–Trinajstić information content (AvgIpc) is 3.82. The van der Waals surface area contributed by atoms with E-state index in [9.17, 15) is 19.5 Å². The average molecular weight is 854 g/mol. The van der Waals surface area contributed by atoms with Crippen molar-refractivity contribution in [3.63, 3.8) is 0 Å². The lowest BCUT2D eigenvalue weighted by Crippen LogP contribution is -2.60. The lowest BCUT2D eigenvalue weighted by molar-refractivity contribution is -0.302. The number of ether oxygens (including phenoxy) is 7. The molecule has 14 atom stereocenters. The van der Waals surface area contributed by atoms with Crippen molar-refractivity contribution in [1.82, 2.24) is 25.7 Å². The number of cyclic esters (lactones) is 1. The minimum atomic E-state index is -1.26. The smallest absolute Gasteiger partial charge is 0.408 e. The van der Waals surface area contributed by atoms with Crippen LogP contribution in [0, 0.1) is 23.7 Å². The van der Waals surface area contributed by atoms with Gasteiger partial charge in [-0.05, 0) is 90.2 Å². The highest BCUT2D eigenvalue weighted by atomic mass is 16.7. The highest BCUT2D eigenvalue weighted by Crippen LogP contribution is 2.44. The van der Waals surface area contributed by atoms with E-state index in [4.69, 9.17) is 33.2 Å². The zero-order valence-electron chi connectivity index (χ0n) is 37.4. The van der Waals surface area contributed by atoms with E-state index in [2.05, 4.69) is 34.3 Å². The third kappa shape index (κ3) is 10.1. The number of esters is 1. The molecule has 2 aromatic rings. The standard InChI is InChI=1S/C45H67N5O11/c1-12-35-45(9)38(48-43(54)61-45)27(5)32(15-16-55-42(53)46-20-30-13-14-31-21-47-49-33(31)18-30)25(3)19-44(8)39(60-41-36(51)34(50(10)11)17-26(4)58-41)28(6)37(29(7)40(52)59-35)56-22-24(2)23-57-44/h13-15,18,21,25-29,34-39,41,51H,2,12,16-17,19-20,22-23H2,1,3-11H3,(H,46,53)(H,47,49)(H,48,54)/b32-15+/t25-,26-,27+,28+,29-,34+,35-,36-,37?,38?,39-,41?,44-,45-/m1/s1. The Bertz CT molecular complexity index is 1920. The van der Waals surface area contributed by atoms with Gasteiger partial charge >= 0.3 is 18.2 Å². The summed E-state index contributed by atoms with van der Waals surface area (Å²) in [4.78, 5) is 42.6. The fraction of sp³-hybridized carbons (Fsp3) is 0.689. The summed E-state index contributed by atoms with van der Waals surface area (Å²) in [5.41, 5.74) is 0.899. The normalized spacial score (nSPS) is 38.4. The van der Waals surface area contributed by atoms with Gasteiger partial charge in [0.25, 0.3) is 0 Å². The van der Waals surface area contributed by atoms with Crippen LogP contribution in [-0.2, 0) is 44.5 Å². The zero-order chi connectivity index (χ0) is 44.4. The molecule has 0 radical (unpaired) electrons. The number of likely N-dealkylation sites (N-methyl/N-ethyl adjacent to an activating group) is 1. The van der Waals surface area contributed by atoms with E-state index >= 15 is 0 Å². The van der Waals surface area contributed by atoms with Crippen molar-refractivity contribution in [3.05, 3.63) is 53.8 Å². The van der Waals surface area contributed by atoms with Crippen LogP contribution in [0.4, 0.5) is 9.59 Å². The van der Waals surface area contributed by atoms with Crippen LogP contribution in [-0.4, -0.2) is 132 Å². The SMILES string of the molecule is C=C1COC2[C@@H](C)C(=O)O[C@H](CC)[C@@]3(C)OC(=O)NC3[C@@H](C)/C(=C/COC(=O)NCc3ccc4cn[nH]c4c3)[C@H](C)C[C@@](C)(OC1)[C@H](OC1O[C@H](C)C[C@H](N(C)C)[C@H]1O)[C@H]2C. The molecule has 1 aromatic carbocycles. The second kappa shape index (κ2) is 19.1. The molecule has 0 aliphatic carbocycles. The molecule has 338 valence electrons. The Morgan fingerprint density at radius 3 is 2.61 bits per heavy atom. The van der Waals surface area contributed by atoms with Crippen LogP contribution < -0.4 is 10.6 Å². The first-order valence-corrected chi connectivity index (χ1v) is 21.6. The van der Waals surface area contributed by atoms with Crippen LogP contribution in [0.2, 0.25) is 0 Å². The van der Waals surface area contributed by atoms with Gasteiger partial charge in [0.15, 0.2) is 11.9 Å². The number of aromatic nitrogens is 2. The molecule has 16 heteroatoms. The summed E-state index contributed by atoms with van der Waals surface area (Å²) in [7, 11) is 3.84. The summed E-state index contributed by atoms with van der Waals surface area (Å²) in [6.07, 6.45) is -0.877. The van der Waals surface area contributed by atoms with Crippen molar-refractivity contribution in [1.29, 1.82) is 0 Å². The Morgan fingerprint density at radius 1 is 1.13 bits per heavy atom. The molecule has 16 nitrogen and oxygen atoms in total. The molecule has 4 aliphatic heterocycles. The number of fused-ring (bicyclic) bond motifs is 5. The maximum absolute atomic E-state index is 14.3. The molecule has 2 amide bonds. The number of rotatable bonds is 8. The van der Waals surface area contributed by atoms with Gasteiger partial charge in [-0.3, -0.25) is 9.89 Å². The van der Waals surface area contributed by atoms with Crippen LogP contribution in [0.5, 0.6) is 0 Å². The van der Waals surface area contributed by atoms with Gasteiger partial charge in [-0.1, -0.05) is 52.0 Å². The van der Waals surface area contributed by atoms with Gasteiger partial charge in [0.2, 0.25) is 0 Å². The third-order valence-electron chi connectivity index (χ3n) is 13.4. The number of benzene rings is 1. The first kappa shape index (κ1) is 46.4. The molecule has 3 unspecified atom stereocenters. The molecule has 5 heterocycles. The van der Waals surface area contributed by atoms with Gasteiger partial charge in [0.05, 0.1) is 60.8 Å². The molecule has 0 spiro atoms. The fourth-order valence-electron chi connectivity index (χ4n) is 10.1. The molecular weight excluding hydrogens is 787 g/mol. The Labute approximate surface area is 359 Å². The maximum atomic E-state index is 14.3. The largest absolute Gasteiger partial charge is 0.458 e. The van der Waals surface area contributed by atoms with Crippen LogP contribution in [0.25, 0.3) is 10.9 Å². The minimum Gasteiger partial charge on any atom is -0.458 e. The molecule has 1 aromatic heterocycles. The van der Waals surface area contributed by atoms with Crippen molar-refractivity contribution in [2.45, 2.75) is 141 Å². The van der Waals surface area contributed by atoms with Gasteiger partial charge < -0.3 is 53.8 Å². The van der Waals surface area contributed by atoms with Crippen molar-refractivity contribution < 1.29 is 52.6 Å². The number of alkyl carbamates (subject to hydrolysis) is 2. The number of H-pyrrole nitrogens is 1. The van der Waals surface area contributed by atoms with E-state index in [1.54, 1.807) is 20.0 Å². The zero-order valence-corrected chi connectivity index (χ0v) is 37.4. The van der Waals surface area contributed by atoms with Gasteiger partial charge in [-0.15, -0.1) is 0 Å². The van der Waals surface area contributed by atoms with Gasteiger partial charge in [0, 0.05) is 29.8 Å². The number of nitrogens with one attached hydrogen (secondary N) is 3. The lowest BCUT2D eigenvalue weighted by atomic mass is 9.71. The van der Waals surface area contributed by atoms with E-state index < -0.39 is 83.9 Å². The monoisotopic (exact) mass is 853 g/mol. The maximum Gasteiger partial charge on any atom is 0.408 e. The fourth-order valence-corrected chi connectivity index (χ4v) is 10.1. The predicted octanol–water partition coefficient (Wildman–Crippen LogP) is 5.39. The topological polar surface area (TPSA) is 192 Å².